The molecule has 0 N–H and O–H groups in total. The average molecular weight is 393 g/mol. The SMILES string of the molecule is Cc1cccc(CN2CCN(CC(=O)N3CCN(c4ccccc4)CC3)CC2)c1. The van der Waals surface area contributed by atoms with Crippen LogP contribution in [-0.4, -0.2) is 79.5 Å². The Balaban J connectivity index is 1.19. The Morgan fingerprint density at radius 3 is 2.17 bits per heavy atom. The van der Waals surface area contributed by atoms with Crippen LogP contribution in [0.3, 0.4) is 0 Å². The Labute approximate surface area is 174 Å². The molecule has 5 nitrogen and oxygen atoms in total. The summed E-state index contributed by atoms with van der Waals surface area (Å²) in [5, 5.41) is 0. The van der Waals surface area contributed by atoms with Crippen LogP contribution in [0.25, 0.3) is 0 Å². The summed E-state index contributed by atoms with van der Waals surface area (Å²) in [5.41, 5.74) is 3.95. The average Bonchev–Trinajstić information content (AvgIpc) is 2.76. The molecule has 0 unspecified atom stereocenters. The highest BCUT2D eigenvalue weighted by atomic mass is 16.2. The van der Waals surface area contributed by atoms with E-state index in [-0.39, 0.29) is 5.91 Å². The van der Waals surface area contributed by atoms with Crippen molar-refractivity contribution in [3.8, 4) is 0 Å². The molecular formula is C24H32N4O. The summed E-state index contributed by atoms with van der Waals surface area (Å²) in [4.78, 5) is 22.0. The summed E-state index contributed by atoms with van der Waals surface area (Å²) in [6, 6.07) is 19.2. The van der Waals surface area contributed by atoms with Gasteiger partial charge in [-0.3, -0.25) is 14.6 Å². The van der Waals surface area contributed by atoms with Crippen LogP contribution >= 0.6 is 0 Å². The molecule has 0 aliphatic carbocycles. The Bertz CT molecular complexity index is 794. The van der Waals surface area contributed by atoms with Crippen molar-refractivity contribution in [2.75, 3.05) is 63.8 Å². The van der Waals surface area contributed by atoms with Gasteiger partial charge >= 0.3 is 0 Å². The summed E-state index contributed by atoms with van der Waals surface area (Å²) in [6.45, 7) is 11.2. The second kappa shape index (κ2) is 9.42. The zero-order valence-electron chi connectivity index (χ0n) is 17.5. The van der Waals surface area contributed by atoms with Gasteiger partial charge in [-0.15, -0.1) is 0 Å². The summed E-state index contributed by atoms with van der Waals surface area (Å²) < 4.78 is 0. The fourth-order valence-corrected chi connectivity index (χ4v) is 4.32. The Hall–Kier alpha value is -2.37. The van der Waals surface area contributed by atoms with Crippen molar-refractivity contribution in [3.05, 3.63) is 65.7 Å². The zero-order valence-corrected chi connectivity index (χ0v) is 17.5. The van der Waals surface area contributed by atoms with E-state index in [1.807, 2.05) is 11.0 Å². The third-order valence-corrected chi connectivity index (χ3v) is 6.07. The van der Waals surface area contributed by atoms with E-state index in [1.54, 1.807) is 0 Å². The molecule has 2 saturated heterocycles. The summed E-state index contributed by atoms with van der Waals surface area (Å²) in [7, 11) is 0. The van der Waals surface area contributed by atoms with Crippen LogP contribution < -0.4 is 4.90 Å². The minimum absolute atomic E-state index is 0.282. The van der Waals surface area contributed by atoms with Gasteiger partial charge in [-0.05, 0) is 24.6 Å². The molecular weight excluding hydrogens is 360 g/mol. The number of anilines is 1. The lowest BCUT2D eigenvalue weighted by Crippen LogP contribution is -2.53. The number of amides is 1. The lowest BCUT2D eigenvalue weighted by molar-refractivity contribution is -0.133. The number of benzene rings is 2. The number of para-hydroxylation sites is 1. The maximum atomic E-state index is 12.8. The number of aryl methyl sites for hydroxylation is 1. The minimum atomic E-state index is 0.282. The molecule has 2 aromatic rings. The fraction of sp³-hybridized carbons (Fsp3) is 0.458. The van der Waals surface area contributed by atoms with Gasteiger partial charge in [-0.2, -0.15) is 0 Å². The van der Waals surface area contributed by atoms with Crippen LogP contribution in [0.4, 0.5) is 5.69 Å². The Morgan fingerprint density at radius 1 is 0.793 bits per heavy atom. The molecule has 0 atom stereocenters. The van der Waals surface area contributed by atoms with Crippen molar-refractivity contribution >= 4 is 11.6 Å². The van der Waals surface area contributed by atoms with E-state index in [4.69, 9.17) is 0 Å². The maximum absolute atomic E-state index is 12.8. The number of nitrogens with zero attached hydrogens (tertiary/aromatic N) is 4. The highest BCUT2D eigenvalue weighted by Gasteiger charge is 2.24. The van der Waals surface area contributed by atoms with E-state index in [9.17, 15) is 4.79 Å². The van der Waals surface area contributed by atoms with Gasteiger partial charge in [-0.25, -0.2) is 0 Å². The molecule has 2 aromatic carbocycles. The number of carbonyl (C=O) groups excluding carboxylic acids is 1. The van der Waals surface area contributed by atoms with E-state index in [0.29, 0.717) is 6.54 Å². The van der Waals surface area contributed by atoms with Crippen LogP contribution in [0.2, 0.25) is 0 Å². The number of carbonyl (C=O) groups is 1. The molecule has 2 fully saturated rings. The van der Waals surface area contributed by atoms with E-state index in [0.717, 1.165) is 58.9 Å². The monoisotopic (exact) mass is 392 g/mol. The molecule has 0 aromatic heterocycles. The third-order valence-electron chi connectivity index (χ3n) is 6.07. The minimum Gasteiger partial charge on any atom is -0.368 e. The Morgan fingerprint density at radius 2 is 1.48 bits per heavy atom. The smallest absolute Gasteiger partial charge is 0.236 e. The van der Waals surface area contributed by atoms with Gasteiger partial charge in [-0.1, -0.05) is 48.0 Å². The van der Waals surface area contributed by atoms with Crippen molar-refractivity contribution in [2.45, 2.75) is 13.5 Å². The van der Waals surface area contributed by atoms with Gasteiger partial charge in [0.15, 0.2) is 0 Å². The van der Waals surface area contributed by atoms with Crippen LogP contribution in [0.15, 0.2) is 54.6 Å². The molecule has 1 amide bonds. The second-order valence-corrected chi connectivity index (χ2v) is 8.24. The first-order valence-electron chi connectivity index (χ1n) is 10.8. The predicted octanol–water partition coefficient (Wildman–Crippen LogP) is 2.46. The highest BCUT2D eigenvalue weighted by Crippen LogP contribution is 2.16. The van der Waals surface area contributed by atoms with Crippen molar-refractivity contribution in [3.63, 3.8) is 0 Å². The van der Waals surface area contributed by atoms with Gasteiger partial charge in [0.05, 0.1) is 6.54 Å². The third kappa shape index (κ3) is 5.37. The molecule has 5 heteroatoms. The van der Waals surface area contributed by atoms with Crippen LogP contribution in [-0.2, 0) is 11.3 Å². The van der Waals surface area contributed by atoms with Gasteiger partial charge in [0.2, 0.25) is 5.91 Å². The quantitative estimate of drug-likeness (QED) is 0.782. The molecule has 4 rings (SSSR count). The predicted molar refractivity (Wildman–Crippen MR) is 118 cm³/mol. The van der Waals surface area contributed by atoms with Gasteiger partial charge in [0, 0.05) is 64.6 Å². The largest absolute Gasteiger partial charge is 0.368 e. The van der Waals surface area contributed by atoms with Crippen LogP contribution in [0.1, 0.15) is 11.1 Å². The fourth-order valence-electron chi connectivity index (χ4n) is 4.32. The van der Waals surface area contributed by atoms with Crippen LogP contribution in [0, 0.1) is 6.92 Å². The Kier molecular flexibility index (Phi) is 6.47. The standard InChI is InChI=1S/C24H32N4O/c1-21-6-5-7-22(18-21)19-25-10-12-26(13-11-25)20-24(29)28-16-14-27(15-17-28)23-8-3-2-4-9-23/h2-9,18H,10-17,19-20H2,1H3. The van der Waals surface area contributed by atoms with E-state index < -0.39 is 0 Å². The van der Waals surface area contributed by atoms with E-state index >= 15 is 0 Å². The van der Waals surface area contributed by atoms with Crippen molar-refractivity contribution in [2.24, 2.45) is 0 Å². The second-order valence-electron chi connectivity index (χ2n) is 8.24. The van der Waals surface area contributed by atoms with Gasteiger partial charge in [0.25, 0.3) is 0 Å². The summed E-state index contributed by atoms with van der Waals surface area (Å²) >= 11 is 0. The molecule has 29 heavy (non-hydrogen) atoms. The molecule has 0 bridgehead atoms. The molecule has 0 spiro atoms. The van der Waals surface area contributed by atoms with Crippen molar-refractivity contribution in [1.29, 1.82) is 0 Å². The van der Waals surface area contributed by atoms with Crippen LogP contribution in [0.5, 0.6) is 0 Å². The normalized spacial score (nSPS) is 18.8. The first-order chi connectivity index (χ1) is 14.2. The number of rotatable bonds is 5. The van der Waals surface area contributed by atoms with E-state index in [2.05, 4.69) is 70.2 Å². The molecule has 2 aliphatic rings. The number of piperazine rings is 2. The number of hydrogen-bond donors (Lipinski definition) is 0. The summed E-state index contributed by atoms with van der Waals surface area (Å²) in [5.74, 6) is 0.282. The molecule has 2 aliphatic heterocycles. The topological polar surface area (TPSA) is 30.0 Å². The lowest BCUT2D eigenvalue weighted by atomic mass is 10.1. The zero-order chi connectivity index (χ0) is 20.1. The maximum Gasteiger partial charge on any atom is 0.236 e. The molecule has 0 radical (unpaired) electrons. The van der Waals surface area contributed by atoms with Gasteiger partial charge in [0.1, 0.15) is 0 Å². The molecule has 2 heterocycles. The van der Waals surface area contributed by atoms with Crippen molar-refractivity contribution < 1.29 is 4.79 Å². The van der Waals surface area contributed by atoms with Crippen molar-refractivity contribution in [1.82, 2.24) is 14.7 Å². The molecule has 0 saturated carbocycles. The lowest BCUT2D eigenvalue weighted by Gasteiger charge is -2.38. The first kappa shape index (κ1) is 19.9. The highest BCUT2D eigenvalue weighted by molar-refractivity contribution is 5.78. The molecule has 154 valence electrons. The first-order valence-corrected chi connectivity index (χ1v) is 10.8. The van der Waals surface area contributed by atoms with E-state index in [1.165, 1.54) is 16.8 Å². The van der Waals surface area contributed by atoms with Gasteiger partial charge < -0.3 is 9.80 Å². The number of hydrogen-bond acceptors (Lipinski definition) is 4. The summed E-state index contributed by atoms with van der Waals surface area (Å²) in [6.07, 6.45) is 0.